The lowest BCUT2D eigenvalue weighted by molar-refractivity contribution is -0.387. The number of hydrogen-bond donors (Lipinski definition) is 2. The van der Waals surface area contributed by atoms with Gasteiger partial charge in [-0.25, -0.2) is 9.36 Å². The Bertz CT molecular complexity index is 1410. The molecular weight excluding hydrogens is 434 g/mol. The molecule has 10 nitrogen and oxygen atoms in total. The molecule has 0 unspecified atom stereocenters. The lowest BCUT2D eigenvalue weighted by Crippen LogP contribution is -2.32. The predicted molar refractivity (Wildman–Crippen MR) is 120 cm³/mol. The highest BCUT2D eigenvalue weighted by atomic mass is 32.2. The number of thiocyanates is 1. The first-order valence-corrected chi connectivity index (χ1v) is 10.0. The van der Waals surface area contributed by atoms with Crippen molar-refractivity contribution in [3.8, 4) is 17.0 Å². The van der Waals surface area contributed by atoms with Crippen LogP contribution in [-0.2, 0) is 0 Å². The number of rotatable bonds is 5. The second-order valence-electron chi connectivity index (χ2n) is 6.94. The number of aliphatic imine (C=N–C) groups is 1. The van der Waals surface area contributed by atoms with E-state index in [1.54, 1.807) is 19.2 Å². The average Bonchev–Trinajstić information content (AvgIpc) is 2.70. The van der Waals surface area contributed by atoms with Crippen LogP contribution >= 0.6 is 11.8 Å². The Morgan fingerprint density at radius 2 is 1.88 bits per heavy atom. The van der Waals surface area contributed by atoms with E-state index in [0.717, 1.165) is 33.5 Å². The normalized spacial score (nSPS) is 10.9. The van der Waals surface area contributed by atoms with Crippen molar-refractivity contribution in [2.75, 3.05) is 0 Å². The van der Waals surface area contributed by atoms with Crippen LogP contribution < -0.4 is 11.2 Å². The molecule has 2 aromatic carbocycles. The highest BCUT2D eigenvalue weighted by Crippen LogP contribution is 2.32. The van der Waals surface area contributed by atoms with Crippen molar-refractivity contribution in [3.05, 3.63) is 83.5 Å². The summed E-state index contributed by atoms with van der Waals surface area (Å²) >= 11 is 0.642. The third kappa shape index (κ3) is 4.30. The number of aryl methyl sites for hydroxylation is 3. The van der Waals surface area contributed by atoms with Gasteiger partial charge >= 0.3 is 5.69 Å². The van der Waals surface area contributed by atoms with Crippen molar-refractivity contribution in [3.63, 3.8) is 0 Å². The summed E-state index contributed by atoms with van der Waals surface area (Å²) < 4.78 is 0.988. The number of benzene rings is 2. The molecule has 1 aromatic heterocycles. The minimum atomic E-state index is -0.860. The summed E-state index contributed by atoms with van der Waals surface area (Å²) in [4.78, 5) is 41.8. The molecule has 0 fully saturated rings. The van der Waals surface area contributed by atoms with Gasteiger partial charge < -0.3 is 5.11 Å². The standard InChI is InChI=1S/C21H17N5O5S/c1-11-6-12(2)18(13(3)7-11)25-20(28)15(19(27)24-21(25)29)9-23-14-4-5-17(32-10-22)16(8-14)26(30)31/h4-9,28H,1-3H3,(H,24,27,29). The molecular formula is C21H17N5O5S. The van der Waals surface area contributed by atoms with Crippen LogP contribution in [0.25, 0.3) is 5.69 Å². The van der Waals surface area contributed by atoms with Gasteiger partial charge in [-0.1, -0.05) is 17.7 Å². The number of aromatic nitrogens is 2. The maximum absolute atomic E-state index is 12.5. The summed E-state index contributed by atoms with van der Waals surface area (Å²) in [5.41, 5.74) is 0.682. The van der Waals surface area contributed by atoms with E-state index in [0.29, 0.717) is 17.4 Å². The number of nitrogens with zero attached hydrogens (tertiary/aromatic N) is 4. The molecule has 0 aliphatic rings. The van der Waals surface area contributed by atoms with Gasteiger partial charge in [0.25, 0.3) is 11.2 Å². The summed E-state index contributed by atoms with van der Waals surface area (Å²) in [5.74, 6) is -0.608. The molecule has 0 saturated heterocycles. The van der Waals surface area contributed by atoms with Crippen molar-refractivity contribution in [1.29, 1.82) is 5.26 Å². The third-order valence-electron chi connectivity index (χ3n) is 4.62. The van der Waals surface area contributed by atoms with Crippen LogP contribution in [0.4, 0.5) is 11.4 Å². The minimum Gasteiger partial charge on any atom is -0.493 e. The van der Waals surface area contributed by atoms with E-state index in [-0.39, 0.29) is 21.8 Å². The predicted octanol–water partition coefficient (Wildman–Crippen LogP) is 3.39. The smallest absolute Gasteiger partial charge is 0.335 e. The fraction of sp³-hybridized carbons (Fsp3) is 0.143. The molecule has 3 aromatic rings. The van der Waals surface area contributed by atoms with Crippen molar-refractivity contribution in [2.45, 2.75) is 25.7 Å². The molecule has 0 saturated carbocycles. The Morgan fingerprint density at radius 1 is 1.22 bits per heavy atom. The van der Waals surface area contributed by atoms with Gasteiger partial charge in [0.1, 0.15) is 15.9 Å². The first-order chi connectivity index (χ1) is 15.1. The molecule has 0 bridgehead atoms. The number of hydrogen-bond acceptors (Lipinski definition) is 8. The van der Waals surface area contributed by atoms with Gasteiger partial charge in [0.2, 0.25) is 5.88 Å². The van der Waals surface area contributed by atoms with Crippen LogP contribution in [0.15, 0.2) is 49.8 Å². The van der Waals surface area contributed by atoms with Crippen LogP contribution in [0.3, 0.4) is 0 Å². The second kappa shape index (κ2) is 8.91. The molecule has 0 aliphatic carbocycles. The molecule has 0 atom stereocenters. The number of nitriles is 1. The molecule has 1 heterocycles. The van der Waals surface area contributed by atoms with Crippen LogP contribution in [0.2, 0.25) is 0 Å². The van der Waals surface area contributed by atoms with Gasteiger partial charge in [0.15, 0.2) is 0 Å². The highest BCUT2D eigenvalue weighted by molar-refractivity contribution is 8.03. The SMILES string of the molecule is Cc1cc(C)c(-n2c(O)c(C=Nc3ccc(SC#N)c([N+](=O)[O-])c3)c(=O)[nH]c2=O)c(C)c1. The molecule has 2 N–H and O–H groups in total. The van der Waals surface area contributed by atoms with Crippen molar-refractivity contribution < 1.29 is 10.0 Å². The number of aromatic hydroxyl groups is 1. The quantitative estimate of drug-likeness (QED) is 0.198. The van der Waals surface area contributed by atoms with Gasteiger partial charge in [-0.3, -0.25) is 24.9 Å². The number of thioether (sulfide) groups is 1. The first-order valence-electron chi connectivity index (χ1n) is 9.19. The fourth-order valence-electron chi connectivity index (χ4n) is 3.39. The van der Waals surface area contributed by atoms with Crippen LogP contribution in [0.1, 0.15) is 22.3 Å². The Kier molecular flexibility index (Phi) is 6.27. The van der Waals surface area contributed by atoms with Crippen LogP contribution in [0.5, 0.6) is 5.88 Å². The maximum atomic E-state index is 12.5. The number of nitro benzene ring substituents is 1. The van der Waals surface area contributed by atoms with E-state index >= 15 is 0 Å². The maximum Gasteiger partial charge on any atom is 0.335 e. The van der Waals surface area contributed by atoms with Crippen molar-refractivity contribution in [2.24, 2.45) is 4.99 Å². The Labute approximate surface area is 185 Å². The largest absolute Gasteiger partial charge is 0.493 e. The zero-order valence-corrected chi connectivity index (χ0v) is 18.1. The van der Waals surface area contributed by atoms with Gasteiger partial charge in [0, 0.05) is 12.3 Å². The summed E-state index contributed by atoms with van der Waals surface area (Å²) in [6.45, 7) is 5.46. The van der Waals surface area contributed by atoms with Crippen LogP contribution in [-0.4, -0.2) is 25.8 Å². The van der Waals surface area contributed by atoms with E-state index in [1.165, 1.54) is 12.1 Å². The zero-order chi connectivity index (χ0) is 23.6. The molecule has 0 radical (unpaired) electrons. The molecule has 162 valence electrons. The molecule has 32 heavy (non-hydrogen) atoms. The molecule has 0 amide bonds. The number of nitro groups is 1. The molecule has 0 spiro atoms. The average molecular weight is 451 g/mol. The van der Waals surface area contributed by atoms with Gasteiger partial charge in [-0.15, -0.1) is 0 Å². The van der Waals surface area contributed by atoms with E-state index < -0.39 is 22.1 Å². The van der Waals surface area contributed by atoms with E-state index in [1.807, 2.05) is 19.1 Å². The Hall–Kier alpha value is -4.17. The summed E-state index contributed by atoms with van der Waals surface area (Å²) in [6, 6.07) is 7.62. The topological polar surface area (TPSA) is 154 Å². The highest BCUT2D eigenvalue weighted by Gasteiger charge is 2.18. The first kappa shape index (κ1) is 22.5. The fourth-order valence-corrected chi connectivity index (χ4v) is 3.86. The summed E-state index contributed by atoms with van der Waals surface area (Å²) in [5, 5.41) is 32.6. The van der Waals surface area contributed by atoms with Gasteiger partial charge in [-0.2, -0.15) is 5.26 Å². The van der Waals surface area contributed by atoms with E-state index in [2.05, 4.69) is 9.98 Å². The molecule has 11 heteroatoms. The van der Waals surface area contributed by atoms with Crippen molar-refractivity contribution in [1.82, 2.24) is 9.55 Å². The Morgan fingerprint density at radius 3 is 2.47 bits per heavy atom. The Balaban J connectivity index is 2.15. The molecule has 0 aliphatic heterocycles. The second-order valence-corrected chi connectivity index (χ2v) is 7.77. The van der Waals surface area contributed by atoms with Gasteiger partial charge in [0.05, 0.1) is 16.3 Å². The van der Waals surface area contributed by atoms with Crippen molar-refractivity contribution >= 4 is 29.4 Å². The number of H-pyrrole nitrogens is 1. The lowest BCUT2D eigenvalue weighted by atomic mass is 10.0. The molecule has 3 rings (SSSR count). The van der Waals surface area contributed by atoms with E-state index in [9.17, 15) is 24.8 Å². The lowest BCUT2D eigenvalue weighted by Gasteiger charge is -2.15. The van der Waals surface area contributed by atoms with Gasteiger partial charge in [-0.05, 0) is 55.8 Å². The third-order valence-corrected chi connectivity index (χ3v) is 5.27. The monoisotopic (exact) mass is 451 g/mol. The number of nitrogens with one attached hydrogen (secondary N) is 1. The zero-order valence-electron chi connectivity index (χ0n) is 17.2. The number of aromatic amines is 1. The summed E-state index contributed by atoms with van der Waals surface area (Å²) in [6.07, 6.45) is 1.03. The minimum absolute atomic E-state index is 0.123. The summed E-state index contributed by atoms with van der Waals surface area (Å²) in [7, 11) is 0. The van der Waals surface area contributed by atoms with Crippen LogP contribution in [0, 0.1) is 41.5 Å². The van der Waals surface area contributed by atoms with E-state index in [4.69, 9.17) is 5.26 Å².